The summed E-state index contributed by atoms with van der Waals surface area (Å²) in [6.07, 6.45) is 0. The number of aryl methyl sites for hydroxylation is 2. The fraction of sp³-hybridized carbons (Fsp3) is 0.0714. The number of benzene rings is 5. The molecule has 0 N–H and O–H groups in total. The van der Waals surface area contributed by atoms with E-state index in [2.05, 4.69) is 86.6 Å². The Balaban J connectivity index is 1.59. The van der Waals surface area contributed by atoms with Crippen LogP contribution in [0.4, 0.5) is 0 Å². The van der Waals surface area contributed by atoms with Crippen molar-refractivity contribution >= 4 is 84.6 Å². The molecule has 2 heterocycles. The Morgan fingerprint density at radius 3 is 1.27 bits per heavy atom. The van der Waals surface area contributed by atoms with Gasteiger partial charge >= 0.3 is 0 Å². The van der Waals surface area contributed by atoms with Crippen LogP contribution in [-0.4, -0.2) is 0 Å². The van der Waals surface area contributed by atoms with Crippen LogP contribution < -0.4 is 0 Å². The SMILES string of the molecule is Cc1ccc2cc3sc4cc5c(cc4c3cc2c1)sc1cc2ccc(C)cc2cc15. The van der Waals surface area contributed by atoms with Crippen LogP contribution in [0.3, 0.4) is 0 Å². The smallest absolute Gasteiger partial charge is 0.0362 e. The van der Waals surface area contributed by atoms with Gasteiger partial charge in [0.15, 0.2) is 0 Å². The zero-order valence-electron chi connectivity index (χ0n) is 16.7. The highest BCUT2D eigenvalue weighted by atomic mass is 32.1. The minimum absolute atomic E-state index is 1.32. The number of thiophene rings is 2. The molecule has 0 aliphatic rings. The van der Waals surface area contributed by atoms with Crippen LogP contribution in [0.2, 0.25) is 0 Å². The molecule has 0 atom stereocenters. The third-order valence-corrected chi connectivity index (χ3v) is 8.52. The van der Waals surface area contributed by atoms with E-state index in [1.807, 2.05) is 22.7 Å². The van der Waals surface area contributed by atoms with Gasteiger partial charge in [0.05, 0.1) is 0 Å². The first-order valence-corrected chi connectivity index (χ1v) is 11.9. The average Bonchev–Trinajstić information content (AvgIpc) is 3.25. The standard InChI is InChI=1S/C28H18S2/c1-15-3-5-17-11-25-21(9-19(17)7-15)23-13-28-24(14-27(23)29-25)22-10-20-8-16(2)4-6-18(20)12-26(22)30-28/h3-14H,1-2H3. The van der Waals surface area contributed by atoms with Gasteiger partial charge in [0.25, 0.3) is 0 Å². The van der Waals surface area contributed by atoms with Crippen LogP contribution in [-0.2, 0) is 0 Å². The minimum Gasteiger partial charge on any atom is -0.135 e. The van der Waals surface area contributed by atoms with Crippen molar-refractivity contribution in [3.8, 4) is 0 Å². The summed E-state index contributed by atoms with van der Waals surface area (Å²) in [5.41, 5.74) is 2.63. The molecule has 30 heavy (non-hydrogen) atoms. The van der Waals surface area contributed by atoms with E-state index in [1.165, 1.54) is 73.0 Å². The lowest BCUT2D eigenvalue weighted by molar-refractivity contribution is 1.51. The van der Waals surface area contributed by atoms with E-state index in [1.54, 1.807) is 0 Å². The van der Waals surface area contributed by atoms with Crippen molar-refractivity contribution in [3.63, 3.8) is 0 Å². The molecular weight excluding hydrogens is 400 g/mol. The third-order valence-electron chi connectivity index (χ3n) is 6.29. The number of hydrogen-bond donors (Lipinski definition) is 0. The van der Waals surface area contributed by atoms with Crippen molar-refractivity contribution in [2.75, 3.05) is 0 Å². The van der Waals surface area contributed by atoms with Crippen molar-refractivity contribution in [3.05, 3.63) is 83.9 Å². The molecule has 0 saturated carbocycles. The highest BCUT2D eigenvalue weighted by Gasteiger charge is 2.12. The zero-order valence-corrected chi connectivity index (χ0v) is 18.4. The molecule has 0 fully saturated rings. The summed E-state index contributed by atoms with van der Waals surface area (Å²) < 4.78 is 5.52. The molecule has 7 rings (SSSR count). The fourth-order valence-corrected chi connectivity index (χ4v) is 7.08. The maximum atomic E-state index is 2.42. The van der Waals surface area contributed by atoms with Gasteiger partial charge in [0.2, 0.25) is 0 Å². The van der Waals surface area contributed by atoms with Crippen molar-refractivity contribution in [2.45, 2.75) is 13.8 Å². The second-order valence-corrected chi connectivity index (χ2v) is 10.6. The molecule has 0 aliphatic heterocycles. The van der Waals surface area contributed by atoms with Crippen LogP contribution in [0.25, 0.3) is 61.9 Å². The highest BCUT2D eigenvalue weighted by Crippen LogP contribution is 2.43. The van der Waals surface area contributed by atoms with Crippen molar-refractivity contribution in [2.24, 2.45) is 0 Å². The summed E-state index contributed by atoms with van der Waals surface area (Å²) in [5.74, 6) is 0. The molecule has 142 valence electrons. The van der Waals surface area contributed by atoms with Gasteiger partial charge in [-0.15, -0.1) is 22.7 Å². The van der Waals surface area contributed by atoms with Gasteiger partial charge in [0.1, 0.15) is 0 Å². The lowest BCUT2D eigenvalue weighted by Crippen LogP contribution is -1.76. The zero-order chi connectivity index (χ0) is 20.0. The summed E-state index contributed by atoms with van der Waals surface area (Å²) >= 11 is 3.84. The first-order chi connectivity index (χ1) is 14.6. The van der Waals surface area contributed by atoms with Crippen molar-refractivity contribution < 1.29 is 0 Å². The molecule has 0 spiro atoms. The first kappa shape index (κ1) is 16.8. The lowest BCUT2D eigenvalue weighted by Gasteiger charge is -2.01. The van der Waals surface area contributed by atoms with Crippen LogP contribution in [0.15, 0.2) is 72.8 Å². The van der Waals surface area contributed by atoms with Gasteiger partial charge in [-0.2, -0.15) is 0 Å². The third kappa shape index (κ3) is 2.32. The molecule has 0 nitrogen and oxygen atoms in total. The summed E-state index contributed by atoms with van der Waals surface area (Å²) in [5, 5.41) is 10.9. The van der Waals surface area contributed by atoms with Crippen LogP contribution >= 0.6 is 22.7 Å². The van der Waals surface area contributed by atoms with E-state index in [0.29, 0.717) is 0 Å². The number of hydrogen-bond acceptors (Lipinski definition) is 2. The van der Waals surface area contributed by atoms with Crippen molar-refractivity contribution in [1.29, 1.82) is 0 Å². The summed E-state index contributed by atoms with van der Waals surface area (Å²) in [4.78, 5) is 0. The second kappa shape index (κ2) is 5.81. The lowest BCUT2D eigenvalue weighted by atomic mass is 10.0. The summed E-state index contributed by atoms with van der Waals surface area (Å²) in [7, 11) is 0. The second-order valence-electron chi connectivity index (χ2n) is 8.45. The topological polar surface area (TPSA) is 0 Å². The van der Waals surface area contributed by atoms with E-state index in [4.69, 9.17) is 0 Å². The molecule has 7 aromatic rings. The number of rotatable bonds is 0. The first-order valence-electron chi connectivity index (χ1n) is 10.3. The Kier molecular flexibility index (Phi) is 3.26. The van der Waals surface area contributed by atoms with E-state index >= 15 is 0 Å². The molecule has 0 bridgehead atoms. The molecular formula is C28H18S2. The fourth-order valence-electron chi connectivity index (χ4n) is 4.77. The predicted molar refractivity (Wildman–Crippen MR) is 137 cm³/mol. The van der Waals surface area contributed by atoms with Gasteiger partial charge in [0, 0.05) is 40.3 Å². The molecule has 2 aromatic heterocycles. The highest BCUT2D eigenvalue weighted by molar-refractivity contribution is 7.27. The van der Waals surface area contributed by atoms with Gasteiger partial charge in [-0.05, 0) is 71.8 Å². The van der Waals surface area contributed by atoms with Gasteiger partial charge in [-0.3, -0.25) is 0 Å². The molecule has 0 aliphatic carbocycles. The Labute approximate surface area is 182 Å². The average molecular weight is 419 g/mol. The molecule has 0 amide bonds. The monoisotopic (exact) mass is 418 g/mol. The predicted octanol–water partition coefficient (Wildman–Crippen LogP) is 9.35. The maximum absolute atomic E-state index is 2.42. The molecule has 5 aromatic carbocycles. The molecule has 0 saturated heterocycles. The minimum atomic E-state index is 1.32. The van der Waals surface area contributed by atoms with Gasteiger partial charge < -0.3 is 0 Å². The molecule has 0 radical (unpaired) electrons. The van der Waals surface area contributed by atoms with Crippen LogP contribution in [0, 0.1) is 13.8 Å². The van der Waals surface area contributed by atoms with E-state index in [9.17, 15) is 0 Å². The molecule has 2 heteroatoms. The largest absolute Gasteiger partial charge is 0.135 e. The van der Waals surface area contributed by atoms with Gasteiger partial charge in [-0.25, -0.2) is 0 Å². The Morgan fingerprint density at radius 2 is 0.800 bits per heavy atom. The maximum Gasteiger partial charge on any atom is 0.0362 e. The normalized spacial score (nSPS) is 12.3. The quantitative estimate of drug-likeness (QED) is 0.230. The van der Waals surface area contributed by atoms with E-state index in [-0.39, 0.29) is 0 Å². The van der Waals surface area contributed by atoms with Crippen LogP contribution in [0.5, 0.6) is 0 Å². The van der Waals surface area contributed by atoms with E-state index in [0.717, 1.165) is 0 Å². The Morgan fingerprint density at radius 1 is 0.400 bits per heavy atom. The van der Waals surface area contributed by atoms with E-state index < -0.39 is 0 Å². The Bertz CT molecular complexity index is 1680. The number of fused-ring (bicyclic) bond motifs is 8. The van der Waals surface area contributed by atoms with Crippen LogP contribution in [0.1, 0.15) is 11.1 Å². The van der Waals surface area contributed by atoms with Gasteiger partial charge in [-0.1, -0.05) is 47.5 Å². The van der Waals surface area contributed by atoms with Crippen molar-refractivity contribution in [1.82, 2.24) is 0 Å². The Hall–Kier alpha value is -2.94. The molecule has 0 unspecified atom stereocenters. The summed E-state index contributed by atoms with van der Waals surface area (Å²) in [6.45, 7) is 4.34. The summed E-state index contributed by atoms with van der Waals surface area (Å²) in [6, 6.07) is 27.8.